The van der Waals surface area contributed by atoms with Gasteiger partial charge in [-0.05, 0) is 6.42 Å². The lowest BCUT2D eigenvalue weighted by atomic mass is 10.2. The quantitative estimate of drug-likeness (QED) is 0.849. The smallest absolute Gasteiger partial charge is 0.259 e. The topological polar surface area (TPSA) is 38.5 Å². The maximum absolute atomic E-state index is 13.0. The van der Waals surface area contributed by atoms with E-state index in [0.717, 1.165) is 7.11 Å². The molecule has 3 atom stereocenters. The standard InChI is InChI=1S/C8H15F3N2O.2ClH/c1-14-8(11)6(7(9)10)13-3-2-5(12)4-13;;/h5-8H,2-4,12H2,1H3;2*1H. The number of nitrogens with zero attached hydrogens (tertiary/aromatic N) is 1. The van der Waals surface area contributed by atoms with E-state index >= 15 is 0 Å². The molecule has 16 heavy (non-hydrogen) atoms. The molecule has 3 nitrogen and oxygen atoms in total. The lowest BCUT2D eigenvalue weighted by Crippen LogP contribution is -2.47. The van der Waals surface area contributed by atoms with Gasteiger partial charge in [0.05, 0.1) is 0 Å². The second kappa shape index (κ2) is 8.36. The van der Waals surface area contributed by atoms with E-state index in [-0.39, 0.29) is 30.9 Å². The Balaban J connectivity index is 0. The van der Waals surface area contributed by atoms with Crippen LogP contribution in [0.5, 0.6) is 0 Å². The van der Waals surface area contributed by atoms with Gasteiger partial charge in [-0.3, -0.25) is 4.90 Å². The van der Waals surface area contributed by atoms with Gasteiger partial charge in [-0.25, -0.2) is 13.2 Å². The van der Waals surface area contributed by atoms with Gasteiger partial charge in [-0.1, -0.05) is 0 Å². The number of likely N-dealkylation sites (tertiary alicyclic amines) is 1. The van der Waals surface area contributed by atoms with E-state index in [1.807, 2.05) is 0 Å². The van der Waals surface area contributed by atoms with Crippen LogP contribution in [0.1, 0.15) is 6.42 Å². The van der Waals surface area contributed by atoms with Gasteiger partial charge < -0.3 is 10.5 Å². The Kier molecular flexibility index (Phi) is 9.72. The van der Waals surface area contributed by atoms with Crippen LogP contribution in [-0.2, 0) is 4.74 Å². The van der Waals surface area contributed by atoms with Crippen molar-refractivity contribution in [1.82, 2.24) is 4.90 Å². The minimum Gasteiger partial charge on any atom is -0.350 e. The molecular weight excluding hydrogens is 268 g/mol. The molecule has 1 aliphatic rings. The van der Waals surface area contributed by atoms with E-state index in [0.29, 0.717) is 19.5 Å². The summed E-state index contributed by atoms with van der Waals surface area (Å²) in [6.07, 6.45) is -4.09. The molecular formula is C8H17Cl2F3N2O. The average Bonchev–Trinajstić information content (AvgIpc) is 2.51. The Morgan fingerprint density at radius 3 is 2.19 bits per heavy atom. The van der Waals surface area contributed by atoms with E-state index in [1.54, 1.807) is 0 Å². The molecule has 1 saturated heterocycles. The van der Waals surface area contributed by atoms with Crippen LogP contribution >= 0.6 is 24.8 Å². The van der Waals surface area contributed by atoms with Gasteiger partial charge in [-0.2, -0.15) is 0 Å². The molecule has 0 saturated carbocycles. The predicted octanol–water partition coefficient (Wildman–Crippen LogP) is 1.44. The van der Waals surface area contributed by atoms with E-state index in [2.05, 4.69) is 4.74 Å². The Bertz CT molecular complexity index is 191. The zero-order valence-electron chi connectivity index (χ0n) is 8.81. The van der Waals surface area contributed by atoms with Crippen molar-refractivity contribution in [1.29, 1.82) is 0 Å². The van der Waals surface area contributed by atoms with Crippen molar-refractivity contribution in [2.75, 3.05) is 20.2 Å². The highest BCUT2D eigenvalue weighted by molar-refractivity contribution is 5.85. The predicted molar refractivity (Wildman–Crippen MR) is 60.4 cm³/mol. The first-order chi connectivity index (χ1) is 6.56. The van der Waals surface area contributed by atoms with Crippen molar-refractivity contribution >= 4 is 24.8 Å². The van der Waals surface area contributed by atoms with Crippen LogP contribution in [0.25, 0.3) is 0 Å². The van der Waals surface area contributed by atoms with Crippen LogP contribution in [0.3, 0.4) is 0 Å². The van der Waals surface area contributed by atoms with Gasteiger partial charge in [0.1, 0.15) is 6.04 Å². The van der Waals surface area contributed by atoms with Crippen LogP contribution in [0.15, 0.2) is 0 Å². The van der Waals surface area contributed by atoms with Gasteiger partial charge in [0.2, 0.25) is 6.36 Å². The average molecular weight is 285 g/mol. The van der Waals surface area contributed by atoms with Crippen molar-refractivity contribution in [3.05, 3.63) is 0 Å². The number of hydrogen-bond acceptors (Lipinski definition) is 3. The number of ether oxygens (including phenoxy) is 1. The van der Waals surface area contributed by atoms with Gasteiger partial charge in [0.15, 0.2) is 0 Å². The Morgan fingerprint density at radius 2 is 1.88 bits per heavy atom. The second-order valence-electron chi connectivity index (χ2n) is 3.46. The van der Waals surface area contributed by atoms with Crippen LogP contribution in [0.4, 0.5) is 13.2 Å². The van der Waals surface area contributed by atoms with Gasteiger partial charge in [0.25, 0.3) is 6.43 Å². The first-order valence-corrected chi connectivity index (χ1v) is 4.51. The number of rotatable bonds is 4. The molecule has 1 rings (SSSR count). The van der Waals surface area contributed by atoms with Crippen LogP contribution in [-0.4, -0.2) is 50.0 Å². The largest absolute Gasteiger partial charge is 0.350 e. The van der Waals surface area contributed by atoms with Crippen molar-refractivity contribution in [3.63, 3.8) is 0 Å². The zero-order valence-corrected chi connectivity index (χ0v) is 10.4. The minimum absolute atomic E-state index is 0. The van der Waals surface area contributed by atoms with Crippen molar-refractivity contribution in [2.45, 2.75) is 31.3 Å². The van der Waals surface area contributed by atoms with Crippen LogP contribution in [0, 0.1) is 0 Å². The number of alkyl halides is 3. The SMILES string of the molecule is COC(F)C(C(F)F)N1CCC(N)C1.Cl.Cl. The molecule has 0 aromatic rings. The van der Waals surface area contributed by atoms with Gasteiger partial charge >= 0.3 is 0 Å². The molecule has 3 unspecified atom stereocenters. The second-order valence-corrected chi connectivity index (χ2v) is 3.46. The molecule has 0 aliphatic carbocycles. The molecule has 0 aromatic heterocycles. The summed E-state index contributed by atoms with van der Waals surface area (Å²) in [6, 6.07) is -1.63. The summed E-state index contributed by atoms with van der Waals surface area (Å²) in [4.78, 5) is 1.35. The number of halogens is 5. The Labute approximate surface area is 105 Å². The molecule has 2 N–H and O–H groups in total. The molecule has 1 fully saturated rings. The third kappa shape index (κ3) is 4.63. The Hall–Kier alpha value is 0.250. The molecule has 0 radical (unpaired) electrons. The van der Waals surface area contributed by atoms with Crippen LogP contribution in [0.2, 0.25) is 0 Å². The monoisotopic (exact) mass is 284 g/mol. The fourth-order valence-electron chi connectivity index (χ4n) is 1.67. The Morgan fingerprint density at radius 1 is 1.31 bits per heavy atom. The third-order valence-electron chi connectivity index (χ3n) is 2.43. The highest BCUT2D eigenvalue weighted by Crippen LogP contribution is 2.21. The van der Waals surface area contributed by atoms with Gasteiger partial charge in [-0.15, -0.1) is 24.8 Å². The minimum atomic E-state index is -2.75. The first kappa shape index (κ1) is 18.6. The maximum Gasteiger partial charge on any atom is 0.259 e. The molecule has 1 heterocycles. The van der Waals surface area contributed by atoms with E-state index in [1.165, 1.54) is 4.90 Å². The summed E-state index contributed by atoms with van der Waals surface area (Å²) >= 11 is 0. The van der Waals surface area contributed by atoms with Crippen molar-refractivity contribution < 1.29 is 17.9 Å². The first-order valence-electron chi connectivity index (χ1n) is 4.51. The maximum atomic E-state index is 13.0. The molecule has 100 valence electrons. The molecule has 0 bridgehead atoms. The lowest BCUT2D eigenvalue weighted by Gasteiger charge is -2.28. The third-order valence-corrected chi connectivity index (χ3v) is 2.43. The van der Waals surface area contributed by atoms with Crippen LogP contribution < -0.4 is 5.73 Å². The van der Waals surface area contributed by atoms with E-state index in [9.17, 15) is 13.2 Å². The molecule has 0 aromatic carbocycles. The molecule has 1 aliphatic heterocycles. The fraction of sp³-hybridized carbons (Fsp3) is 1.00. The molecule has 8 heteroatoms. The van der Waals surface area contributed by atoms with Gasteiger partial charge in [0, 0.05) is 26.2 Å². The number of hydrogen-bond donors (Lipinski definition) is 1. The zero-order chi connectivity index (χ0) is 10.7. The molecule has 0 spiro atoms. The van der Waals surface area contributed by atoms with E-state index in [4.69, 9.17) is 5.73 Å². The number of methoxy groups -OCH3 is 1. The van der Waals surface area contributed by atoms with Crippen molar-refractivity contribution in [2.24, 2.45) is 5.73 Å². The highest BCUT2D eigenvalue weighted by Gasteiger charge is 2.38. The molecule has 0 amide bonds. The highest BCUT2D eigenvalue weighted by atomic mass is 35.5. The summed E-state index contributed by atoms with van der Waals surface area (Å²) in [5.74, 6) is 0. The number of nitrogens with two attached hydrogens (primary N) is 1. The van der Waals surface area contributed by atoms with E-state index < -0.39 is 18.8 Å². The summed E-state index contributed by atoms with van der Waals surface area (Å²) in [5.41, 5.74) is 5.55. The fourth-order valence-corrected chi connectivity index (χ4v) is 1.67. The summed E-state index contributed by atoms with van der Waals surface area (Å²) in [6.45, 7) is 0.707. The lowest BCUT2D eigenvalue weighted by molar-refractivity contribution is -0.113. The summed E-state index contributed by atoms with van der Waals surface area (Å²) in [5, 5.41) is 0. The van der Waals surface area contributed by atoms with Crippen molar-refractivity contribution in [3.8, 4) is 0 Å². The normalized spacial score (nSPS) is 24.8. The summed E-state index contributed by atoms with van der Waals surface area (Å²) < 4.78 is 42.4. The summed E-state index contributed by atoms with van der Waals surface area (Å²) in [7, 11) is 1.08.